The highest BCUT2D eigenvalue weighted by atomic mass is 35.5. The summed E-state index contributed by atoms with van der Waals surface area (Å²) in [5.74, 6) is 0.309. The van der Waals surface area contributed by atoms with Crippen LogP contribution in [0.5, 0.6) is 0 Å². The van der Waals surface area contributed by atoms with Crippen LogP contribution < -0.4 is 10.6 Å². The van der Waals surface area contributed by atoms with Gasteiger partial charge in [0.15, 0.2) is 0 Å². The molecule has 22 heavy (non-hydrogen) atoms. The van der Waals surface area contributed by atoms with Gasteiger partial charge in [-0.2, -0.15) is 0 Å². The van der Waals surface area contributed by atoms with Crippen LogP contribution in [-0.4, -0.2) is 32.1 Å². The molecule has 1 fully saturated rings. The maximum absolute atomic E-state index is 11.8. The van der Waals surface area contributed by atoms with Crippen LogP contribution in [0.1, 0.15) is 37.9 Å². The molecule has 122 valence electrons. The van der Waals surface area contributed by atoms with E-state index in [4.69, 9.17) is 16.3 Å². The molecule has 1 aromatic rings. The summed E-state index contributed by atoms with van der Waals surface area (Å²) in [6.45, 7) is 4.77. The summed E-state index contributed by atoms with van der Waals surface area (Å²) in [6, 6.07) is 7.75. The van der Waals surface area contributed by atoms with E-state index >= 15 is 0 Å². The number of carbonyl (C=O) groups is 1. The van der Waals surface area contributed by atoms with Crippen molar-refractivity contribution in [3.05, 3.63) is 34.9 Å². The van der Waals surface area contributed by atoms with Crippen molar-refractivity contribution in [1.29, 1.82) is 0 Å². The lowest BCUT2D eigenvalue weighted by Gasteiger charge is -2.31. The van der Waals surface area contributed by atoms with E-state index < -0.39 is 0 Å². The molecule has 0 radical (unpaired) electrons. The van der Waals surface area contributed by atoms with E-state index in [1.165, 1.54) is 0 Å². The summed E-state index contributed by atoms with van der Waals surface area (Å²) >= 11 is 6.11. The molecule has 4 nitrogen and oxygen atoms in total. The Kier molecular flexibility index (Phi) is 7.16. The van der Waals surface area contributed by atoms with Crippen molar-refractivity contribution in [2.24, 2.45) is 5.92 Å². The Balaban J connectivity index is 2.03. The lowest BCUT2D eigenvalue weighted by atomic mass is 9.89. The van der Waals surface area contributed by atoms with Crippen LogP contribution in [0.15, 0.2) is 24.3 Å². The second-order valence-electron chi connectivity index (χ2n) is 5.74. The number of carbonyl (C=O) groups excluding carboxylic acids is 1. The third-order valence-corrected chi connectivity index (χ3v) is 4.14. The summed E-state index contributed by atoms with van der Waals surface area (Å²) in [7, 11) is 0. The summed E-state index contributed by atoms with van der Waals surface area (Å²) in [5.41, 5.74) is 1.05. The van der Waals surface area contributed by atoms with E-state index in [1.54, 1.807) is 0 Å². The Morgan fingerprint density at radius 1 is 1.55 bits per heavy atom. The van der Waals surface area contributed by atoms with E-state index in [2.05, 4.69) is 10.6 Å². The second-order valence-corrected chi connectivity index (χ2v) is 6.18. The maximum atomic E-state index is 11.8. The maximum Gasteiger partial charge on any atom is 0.246 e. The van der Waals surface area contributed by atoms with Crippen molar-refractivity contribution in [1.82, 2.24) is 10.6 Å². The lowest BCUT2D eigenvalue weighted by Crippen LogP contribution is -2.36. The number of nitrogens with one attached hydrogen (secondary N) is 2. The van der Waals surface area contributed by atoms with Gasteiger partial charge >= 0.3 is 0 Å². The van der Waals surface area contributed by atoms with Gasteiger partial charge in [0.05, 0.1) is 6.10 Å². The molecule has 2 atom stereocenters. The first-order chi connectivity index (χ1) is 10.7. The van der Waals surface area contributed by atoms with Gasteiger partial charge in [0.1, 0.15) is 6.61 Å². The van der Waals surface area contributed by atoms with Crippen LogP contribution in [0.2, 0.25) is 5.02 Å². The van der Waals surface area contributed by atoms with Gasteiger partial charge in [-0.3, -0.25) is 4.79 Å². The molecule has 1 aliphatic rings. The Labute approximate surface area is 137 Å². The molecule has 1 aromatic carbocycles. The first-order valence-electron chi connectivity index (χ1n) is 8.05. The summed E-state index contributed by atoms with van der Waals surface area (Å²) in [4.78, 5) is 11.8. The number of ether oxygens (including phenoxy) is 1. The average Bonchev–Trinajstić information content (AvgIpc) is 2.54. The van der Waals surface area contributed by atoms with Crippen LogP contribution in [0.3, 0.4) is 0 Å². The predicted octanol–water partition coefficient (Wildman–Crippen LogP) is 2.92. The Morgan fingerprint density at radius 2 is 2.41 bits per heavy atom. The van der Waals surface area contributed by atoms with Crippen molar-refractivity contribution < 1.29 is 9.53 Å². The zero-order valence-corrected chi connectivity index (χ0v) is 13.9. The highest BCUT2D eigenvalue weighted by Gasteiger charge is 2.26. The van der Waals surface area contributed by atoms with E-state index in [-0.39, 0.29) is 18.6 Å². The first-order valence-corrected chi connectivity index (χ1v) is 8.43. The monoisotopic (exact) mass is 324 g/mol. The number of amides is 1. The fourth-order valence-electron chi connectivity index (χ4n) is 2.81. The fourth-order valence-corrected chi connectivity index (χ4v) is 3.00. The molecule has 0 aliphatic carbocycles. The number of halogens is 1. The Hall–Kier alpha value is -1.10. The minimum Gasteiger partial charge on any atom is -0.363 e. The van der Waals surface area contributed by atoms with E-state index in [0.29, 0.717) is 17.5 Å². The molecule has 2 N–H and O–H groups in total. The van der Waals surface area contributed by atoms with Crippen LogP contribution >= 0.6 is 11.6 Å². The van der Waals surface area contributed by atoms with Crippen molar-refractivity contribution >= 4 is 17.5 Å². The van der Waals surface area contributed by atoms with Gasteiger partial charge in [0.2, 0.25) is 5.91 Å². The third kappa shape index (κ3) is 5.27. The van der Waals surface area contributed by atoms with Crippen LogP contribution in [0, 0.1) is 5.92 Å². The average molecular weight is 325 g/mol. The number of piperidine rings is 1. The van der Waals surface area contributed by atoms with E-state index in [0.717, 1.165) is 37.9 Å². The van der Waals surface area contributed by atoms with Gasteiger partial charge in [-0.15, -0.1) is 0 Å². The normalized spacial score (nSPS) is 19.6. The molecular weight excluding hydrogens is 300 g/mol. The van der Waals surface area contributed by atoms with Gasteiger partial charge in [-0.1, -0.05) is 30.7 Å². The highest BCUT2D eigenvalue weighted by Crippen LogP contribution is 2.31. The van der Waals surface area contributed by atoms with Gasteiger partial charge in [-0.25, -0.2) is 0 Å². The standard InChI is InChI=1S/C17H25ClN2O2/c1-2-8-20-16(21)12-22-17(14-6-4-9-19-11-14)13-5-3-7-15(18)10-13/h3,5,7,10,14,17,19H,2,4,6,8-9,11-12H2,1H3,(H,20,21). The molecule has 2 unspecified atom stereocenters. The minimum absolute atomic E-state index is 0.0577. The molecular formula is C17H25ClN2O2. The van der Waals surface area contributed by atoms with Crippen LogP contribution in [-0.2, 0) is 9.53 Å². The van der Waals surface area contributed by atoms with Crippen molar-refractivity contribution in [3.8, 4) is 0 Å². The minimum atomic E-state index is -0.0983. The summed E-state index contributed by atoms with van der Waals surface area (Å²) in [5, 5.41) is 6.96. The van der Waals surface area contributed by atoms with Gasteiger partial charge in [0, 0.05) is 24.0 Å². The van der Waals surface area contributed by atoms with Gasteiger partial charge in [-0.05, 0) is 43.5 Å². The van der Waals surface area contributed by atoms with Gasteiger partial charge < -0.3 is 15.4 Å². The largest absolute Gasteiger partial charge is 0.363 e. The molecule has 0 bridgehead atoms. The third-order valence-electron chi connectivity index (χ3n) is 3.91. The molecule has 1 heterocycles. The first kappa shape index (κ1) is 17.3. The molecule has 2 rings (SSSR count). The van der Waals surface area contributed by atoms with Crippen molar-refractivity contribution in [3.63, 3.8) is 0 Å². The number of rotatable bonds is 7. The molecule has 1 amide bonds. The number of hydrogen-bond donors (Lipinski definition) is 2. The number of hydrogen-bond acceptors (Lipinski definition) is 3. The molecule has 0 saturated carbocycles. The van der Waals surface area contributed by atoms with E-state index in [9.17, 15) is 4.79 Å². The van der Waals surface area contributed by atoms with Crippen LogP contribution in [0.4, 0.5) is 0 Å². The lowest BCUT2D eigenvalue weighted by molar-refractivity contribution is -0.129. The van der Waals surface area contributed by atoms with E-state index in [1.807, 2.05) is 31.2 Å². The smallest absolute Gasteiger partial charge is 0.246 e. The molecule has 0 spiro atoms. The molecule has 1 aliphatic heterocycles. The van der Waals surface area contributed by atoms with Crippen molar-refractivity contribution in [2.45, 2.75) is 32.3 Å². The fraction of sp³-hybridized carbons (Fsp3) is 0.588. The van der Waals surface area contributed by atoms with Crippen molar-refractivity contribution in [2.75, 3.05) is 26.2 Å². The second kappa shape index (κ2) is 9.13. The quantitative estimate of drug-likeness (QED) is 0.811. The highest BCUT2D eigenvalue weighted by molar-refractivity contribution is 6.30. The molecule has 0 aromatic heterocycles. The molecule has 5 heteroatoms. The summed E-state index contributed by atoms with van der Waals surface area (Å²) < 4.78 is 5.97. The zero-order chi connectivity index (χ0) is 15.8. The predicted molar refractivity (Wildman–Crippen MR) is 89.0 cm³/mol. The Morgan fingerprint density at radius 3 is 3.09 bits per heavy atom. The number of benzene rings is 1. The summed E-state index contributed by atoms with van der Waals surface area (Å²) in [6.07, 6.45) is 3.06. The SMILES string of the molecule is CCCNC(=O)COC(c1cccc(Cl)c1)C1CCCNC1. The topological polar surface area (TPSA) is 50.4 Å². The zero-order valence-electron chi connectivity index (χ0n) is 13.1. The van der Waals surface area contributed by atoms with Crippen LogP contribution in [0.25, 0.3) is 0 Å². The van der Waals surface area contributed by atoms with Gasteiger partial charge in [0.25, 0.3) is 0 Å². The Bertz CT molecular complexity index is 475. The molecule has 1 saturated heterocycles.